The standard InChI is InChI=1S/C56H83N3O15/c1-12-26-72-55(67)57-42-24-22-40(30-47(42)69-9)29-36(5)46-32-45(60)35(4)28-38(7)49(62)50(70-10)48(61)37(6)27-33(2)18-14-13-15-19-34(3)43(58-54(66)71-11)31-41-23-21-39(8)56(68,74-41)51(63)52(64)59-25-17-16-20-44(59)53(65)73-46/h1,13-15,18-19,28,33,35-37,39-44,46-47,49-50,62,68H,16-17,20-27,29-32H2,2-11H3,(H,57,67)(H,58,66)/b15-13+,18-14+,34-19+,38-28+/t33-,35-,36-,37-,39-,40+,41+,42+,43?,44+,46+,47-,49-,50+,56-/m1/s1. The van der Waals surface area contributed by atoms with Gasteiger partial charge in [0.1, 0.15) is 30.1 Å². The number of fused-ring (bicyclic) bond motifs is 3. The van der Waals surface area contributed by atoms with Gasteiger partial charge in [0, 0.05) is 44.9 Å². The van der Waals surface area contributed by atoms with Crippen molar-refractivity contribution in [2.45, 2.75) is 180 Å². The lowest BCUT2D eigenvalue weighted by Gasteiger charge is -2.43. The zero-order valence-corrected chi connectivity index (χ0v) is 45.2. The number of ketones is 3. The molecule has 3 fully saturated rings. The second-order valence-electron chi connectivity index (χ2n) is 21.0. The van der Waals surface area contributed by atoms with E-state index in [-0.39, 0.29) is 68.0 Å². The molecule has 4 rings (SSSR count). The van der Waals surface area contributed by atoms with Crippen molar-refractivity contribution >= 4 is 41.4 Å². The van der Waals surface area contributed by atoms with Crippen molar-refractivity contribution in [2.75, 3.05) is 34.5 Å². The molecule has 0 aromatic rings. The minimum atomic E-state index is -2.55. The van der Waals surface area contributed by atoms with Gasteiger partial charge < -0.3 is 54.2 Å². The monoisotopic (exact) mass is 1040 g/mol. The molecular formula is C56H83N3O15. The lowest BCUT2D eigenvalue weighted by atomic mass is 9.77. The van der Waals surface area contributed by atoms with Gasteiger partial charge in [-0.15, -0.1) is 6.42 Å². The number of methoxy groups -OCH3 is 3. The van der Waals surface area contributed by atoms with Gasteiger partial charge in [-0.25, -0.2) is 14.4 Å². The fourth-order valence-corrected chi connectivity index (χ4v) is 10.7. The third-order valence-electron chi connectivity index (χ3n) is 15.4. The van der Waals surface area contributed by atoms with Crippen molar-refractivity contribution in [1.29, 1.82) is 0 Å². The Balaban J connectivity index is 1.72. The van der Waals surface area contributed by atoms with Gasteiger partial charge in [-0.2, -0.15) is 0 Å². The van der Waals surface area contributed by atoms with Crippen LogP contribution < -0.4 is 10.6 Å². The van der Waals surface area contributed by atoms with Crippen LogP contribution in [0.1, 0.15) is 126 Å². The number of Topliss-reactive ketones (excluding diaryl/α,β-unsaturated/α-hetero) is 3. The summed E-state index contributed by atoms with van der Waals surface area (Å²) < 4.78 is 33.8. The maximum atomic E-state index is 14.6. The zero-order chi connectivity index (χ0) is 54.9. The Morgan fingerprint density at radius 3 is 2.31 bits per heavy atom. The Bertz CT molecular complexity index is 2130. The summed E-state index contributed by atoms with van der Waals surface area (Å²) in [5, 5.41) is 29.2. The highest BCUT2D eigenvalue weighted by molar-refractivity contribution is 6.39. The highest BCUT2D eigenvalue weighted by Gasteiger charge is 2.53. The smallest absolute Gasteiger partial charge is 0.408 e. The molecule has 1 aliphatic carbocycles. The van der Waals surface area contributed by atoms with Gasteiger partial charge in [0.2, 0.25) is 5.79 Å². The van der Waals surface area contributed by atoms with Gasteiger partial charge >= 0.3 is 18.2 Å². The summed E-state index contributed by atoms with van der Waals surface area (Å²) in [6, 6.07) is -2.23. The summed E-state index contributed by atoms with van der Waals surface area (Å²) in [5.74, 6) is -6.60. The van der Waals surface area contributed by atoms with Crippen LogP contribution in [0.5, 0.6) is 0 Å². The van der Waals surface area contributed by atoms with Crippen LogP contribution >= 0.6 is 0 Å². The first-order valence-electron chi connectivity index (χ1n) is 26.3. The maximum Gasteiger partial charge on any atom is 0.408 e. The van der Waals surface area contributed by atoms with E-state index < -0.39 is 95.8 Å². The number of piperidine rings is 1. The van der Waals surface area contributed by atoms with E-state index in [1.54, 1.807) is 66.0 Å². The van der Waals surface area contributed by atoms with E-state index in [0.717, 1.165) is 4.90 Å². The molecule has 0 radical (unpaired) electrons. The summed E-state index contributed by atoms with van der Waals surface area (Å²) in [4.78, 5) is 97.5. The molecule has 15 atom stereocenters. The molecule has 4 aliphatic rings. The van der Waals surface area contributed by atoms with E-state index in [0.29, 0.717) is 68.9 Å². The number of hydrogen-bond donors (Lipinski definition) is 4. The first-order valence-corrected chi connectivity index (χ1v) is 26.3. The number of carbonyl (C=O) groups excluding carboxylic acids is 7. The maximum absolute atomic E-state index is 14.6. The van der Waals surface area contributed by atoms with Crippen LogP contribution in [0, 0.1) is 47.9 Å². The average molecular weight is 1040 g/mol. The lowest BCUT2D eigenvalue weighted by molar-refractivity contribution is -0.264. The SMILES string of the molecule is C#CCOC(=O)N[C@H]1CC[C@@H](C[C@@H](C)[C@@H]2CC(=O)[C@H](C)/C=C(\C)[C@@H](O)[C@@H](OC)C(=O)[C@H](C)C[C@H](C)/C=C/C=C/C=C(\C)C(NC(=O)OC)C[C@@H]3CC[C@@H](C)[C@@](O)(O3)C(=O)C(=O)N3CCCC[C@H]3C(=O)O2)C[C@H]1OC. The van der Waals surface area contributed by atoms with Crippen LogP contribution in [0.3, 0.4) is 0 Å². The number of esters is 1. The minimum absolute atomic E-state index is 0.0211. The van der Waals surface area contributed by atoms with Crippen LogP contribution in [0.15, 0.2) is 47.6 Å². The Kier molecular flexibility index (Phi) is 24.2. The highest BCUT2D eigenvalue weighted by atomic mass is 16.6. The number of aliphatic hydroxyl groups excluding tert-OH is 1. The van der Waals surface area contributed by atoms with E-state index in [1.807, 2.05) is 26.0 Å². The lowest BCUT2D eigenvalue weighted by Crippen LogP contribution is -2.61. The molecule has 0 aromatic carbocycles. The number of amides is 3. The van der Waals surface area contributed by atoms with Crippen molar-refractivity contribution in [3.8, 4) is 12.3 Å². The number of cyclic esters (lactones) is 1. The number of aliphatic hydroxyl groups is 2. The Labute approximate surface area is 437 Å². The van der Waals surface area contributed by atoms with E-state index in [9.17, 15) is 43.8 Å². The molecule has 0 spiro atoms. The van der Waals surface area contributed by atoms with Crippen LogP contribution in [0.25, 0.3) is 0 Å². The number of hydrogen-bond acceptors (Lipinski definition) is 15. The molecule has 74 heavy (non-hydrogen) atoms. The molecule has 3 aliphatic heterocycles. The predicted octanol–water partition coefficient (Wildman–Crippen LogP) is 6.26. The topological polar surface area (TPSA) is 243 Å². The third-order valence-corrected chi connectivity index (χ3v) is 15.4. The summed E-state index contributed by atoms with van der Waals surface area (Å²) >= 11 is 0. The van der Waals surface area contributed by atoms with E-state index in [4.69, 9.17) is 34.8 Å². The zero-order valence-electron chi connectivity index (χ0n) is 45.2. The Hall–Kier alpha value is -5.19. The summed E-state index contributed by atoms with van der Waals surface area (Å²) in [6.07, 6.45) is 14.3. The fourth-order valence-electron chi connectivity index (χ4n) is 10.7. The number of ether oxygens (including phenoxy) is 6. The number of carbonyl (C=O) groups is 7. The minimum Gasteiger partial charge on any atom is -0.460 e. The molecule has 412 valence electrons. The molecule has 2 bridgehead atoms. The van der Waals surface area contributed by atoms with Gasteiger partial charge in [0.15, 0.2) is 12.4 Å². The van der Waals surface area contributed by atoms with E-state index >= 15 is 0 Å². The van der Waals surface area contributed by atoms with Crippen molar-refractivity contribution in [1.82, 2.24) is 15.5 Å². The fraction of sp³-hybridized carbons (Fsp3) is 0.696. The number of nitrogens with zero attached hydrogens (tertiary/aromatic N) is 1. The molecule has 1 unspecified atom stereocenters. The van der Waals surface area contributed by atoms with E-state index in [2.05, 4.69) is 16.6 Å². The number of rotatable bonds is 8. The molecule has 3 heterocycles. The molecule has 3 amide bonds. The second kappa shape index (κ2) is 29.2. The van der Waals surface area contributed by atoms with Gasteiger partial charge in [-0.05, 0) is 108 Å². The van der Waals surface area contributed by atoms with Crippen molar-refractivity contribution in [2.24, 2.45) is 35.5 Å². The van der Waals surface area contributed by atoms with Crippen LogP contribution in [0.2, 0.25) is 0 Å². The van der Waals surface area contributed by atoms with Gasteiger partial charge in [-0.3, -0.25) is 19.2 Å². The third kappa shape index (κ3) is 16.9. The molecule has 18 nitrogen and oxygen atoms in total. The quantitative estimate of drug-likeness (QED) is 0.0690. The predicted molar refractivity (Wildman–Crippen MR) is 275 cm³/mol. The van der Waals surface area contributed by atoms with Crippen molar-refractivity contribution in [3.05, 3.63) is 47.6 Å². The van der Waals surface area contributed by atoms with Crippen LogP contribution in [-0.4, -0.2) is 145 Å². The highest BCUT2D eigenvalue weighted by Crippen LogP contribution is 2.38. The summed E-state index contributed by atoms with van der Waals surface area (Å²) in [6.45, 7) is 12.2. The summed E-state index contributed by atoms with van der Waals surface area (Å²) in [7, 11) is 4.14. The van der Waals surface area contributed by atoms with Crippen LogP contribution in [-0.2, 0) is 52.4 Å². The van der Waals surface area contributed by atoms with Crippen molar-refractivity contribution in [3.63, 3.8) is 0 Å². The first-order chi connectivity index (χ1) is 35.1. The number of terminal acetylenes is 1. The molecule has 2 saturated heterocycles. The first kappa shape index (κ1) is 61.4. The number of nitrogens with one attached hydrogen (secondary N) is 2. The molecule has 4 N–H and O–H groups in total. The second-order valence-corrected chi connectivity index (χ2v) is 21.0. The number of alkyl carbamates (subject to hydrolysis) is 2. The largest absolute Gasteiger partial charge is 0.460 e. The summed E-state index contributed by atoms with van der Waals surface area (Å²) in [5.41, 5.74) is 1.05. The van der Waals surface area contributed by atoms with Crippen LogP contribution in [0.4, 0.5) is 9.59 Å². The Morgan fingerprint density at radius 1 is 0.905 bits per heavy atom. The van der Waals surface area contributed by atoms with Crippen molar-refractivity contribution < 1.29 is 72.2 Å². The molecule has 18 heteroatoms. The van der Waals surface area contributed by atoms with Gasteiger partial charge in [0.25, 0.3) is 11.7 Å². The molecule has 1 saturated carbocycles. The van der Waals surface area contributed by atoms with E-state index in [1.165, 1.54) is 14.2 Å². The average Bonchev–Trinajstić information content (AvgIpc) is 3.37. The number of allylic oxidation sites excluding steroid dienone is 6. The Morgan fingerprint density at radius 2 is 1.64 bits per heavy atom. The molecular weight excluding hydrogens is 955 g/mol. The normalized spacial score (nSPS) is 36.5. The molecule has 0 aromatic heterocycles. The van der Waals surface area contributed by atoms with Gasteiger partial charge in [-0.1, -0.05) is 82.6 Å². The van der Waals surface area contributed by atoms with Gasteiger partial charge in [0.05, 0.1) is 31.4 Å².